The predicted molar refractivity (Wildman–Crippen MR) is 86.2 cm³/mol. The molecule has 0 N–H and O–H groups in total. The molecule has 0 aromatic heterocycles. The van der Waals surface area contributed by atoms with Crippen molar-refractivity contribution in [1.29, 1.82) is 0 Å². The first-order valence-electron chi connectivity index (χ1n) is 8.91. The summed E-state index contributed by atoms with van der Waals surface area (Å²) in [7, 11) is 0. The van der Waals surface area contributed by atoms with Crippen molar-refractivity contribution in [3.8, 4) is 0 Å². The number of hydrogen-bond acceptors (Lipinski definition) is 2. The molecule has 1 aliphatic heterocycles. The van der Waals surface area contributed by atoms with Gasteiger partial charge in [0.1, 0.15) is 0 Å². The molecule has 4 heteroatoms. The Hall–Kier alpha value is -1.06. The Morgan fingerprint density at radius 1 is 0.955 bits per heavy atom. The molecule has 3 rings (SSSR count). The van der Waals surface area contributed by atoms with E-state index in [1.165, 1.54) is 25.7 Å². The van der Waals surface area contributed by atoms with Crippen molar-refractivity contribution in [2.75, 3.05) is 26.2 Å². The number of fused-ring (bicyclic) bond motifs is 2. The molecule has 0 aromatic carbocycles. The van der Waals surface area contributed by atoms with Gasteiger partial charge in [-0.15, -0.1) is 0 Å². The van der Waals surface area contributed by atoms with Crippen LogP contribution in [0.25, 0.3) is 0 Å². The molecule has 2 saturated carbocycles. The lowest BCUT2D eigenvalue weighted by Crippen LogP contribution is -2.53. The number of hydrogen-bond donors (Lipinski definition) is 0. The van der Waals surface area contributed by atoms with E-state index in [-0.39, 0.29) is 11.3 Å². The van der Waals surface area contributed by atoms with E-state index in [1.807, 2.05) is 30.6 Å². The molecule has 3 atom stereocenters. The lowest BCUT2D eigenvalue weighted by atomic mass is 9.86. The zero-order chi connectivity index (χ0) is 15.9. The minimum absolute atomic E-state index is 0.202. The minimum Gasteiger partial charge on any atom is -0.339 e. The Kier molecular flexibility index (Phi) is 4.21. The van der Waals surface area contributed by atoms with E-state index in [2.05, 4.69) is 0 Å². The second-order valence-electron chi connectivity index (χ2n) is 8.56. The van der Waals surface area contributed by atoms with E-state index in [9.17, 15) is 9.59 Å². The highest BCUT2D eigenvalue weighted by molar-refractivity contribution is 5.82. The molecule has 1 heterocycles. The fraction of sp³-hybridized carbons (Fsp3) is 0.889. The van der Waals surface area contributed by atoms with Gasteiger partial charge in [-0.25, -0.2) is 0 Å². The normalized spacial score (nSPS) is 31.7. The zero-order valence-corrected chi connectivity index (χ0v) is 14.3. The third-order valence-corrected chi connectivity index (χ3v) is 5.88. The van der Waals surface area contributed by atoms with Crippen molar-refractivity contribution >= 4 is 11.8 Å². The predicted octanol–water partition coefficient (Wildman–Crippen LogP) is 2.53. The average Bonchev–Trinajstić information content (AvgIpc) is 3.08. The second kappa shape index (κ2) is 5.86. The van der Waals surface area contributed by atoms with Crippen molar-refractivity contribution in [1.82, 2.24) is 9.80 Å². The van der Waals surface area contributed by atoms with Crippen molar-refractivity contribution in [2.45, 2.75) is 52.9 Å². The SMILES string of the molecule is CC(C)(C)C(=O)N1CCN(C(=O)CC2CC3CCC2C3)CC1. The van der Waals surface area contributed by atoms with Crippen LogP contribution in [0.15, 0.2) is 0 Å². The summed E-state index contributed by atoms with van der Waals surface area (Å²) in [6.07, 6.45) is 6.12. The average molecular weight is 306 g/mol. The first-order valence-corrected chi connectivity index (χ1v) is 8.91. The fourth-order valence-electron chi connectivity index (χ4n) is 4.61. The first-order chi connectivity index (χ1) is 10.3. The van der Waals surface area contributed by atoms with Gasteiger partial charge in [0.05, 0.1) is 0 Å². The number of rotatable bonds is 2. The van der Waals surface area contributed by atoms with Gasteiger partial charge < -0.3 is 9.80 Å². The van der Waals surface area contributed by atoms with Gasteiger partial charge in [-0.3, -0.25) is 9.59 Å². The van der Waals surface area contributed by atoms with E-state index in [0.29, 0.717) is 38.0 Å². The van der Waals surface area contributed by atoms with Crippen molar-refractivity contribution < 1.29 is 9.59 Å². The van der Waals surface area contributed by atoms with Crippen LogP contribution in [0.3, 0.4) is 0 Å². The van der Waals surface area contributed by atoms with Gasteiger partial charge in [0.2, 0.25) is 11.8 Å². The van der Waals surface area contributed by atoms with Gasteiger partial charge in [-0.05, 0) is 37.0 Å². The van der Waals surface area contributed by atoms with Crippen LogP contribution in [0.5, 0.6) is 0 Å². The quantitative estimate of drug-likeness (QED) is 0.786. The summed E-state index contributed by atoms with van der Waals surface area (Å²) in [5, 5.41) is 0. The molecule has 2 aliphatic carbocycles. The van der Waals surface area contributed by atoms with Crippen LogP contribution in [0.1, 0.15) is 52.9 Å². The Balaban J connectivity index is 1.47. The molecular weight excluding hydrogens is 276 g/mol. The Bertz CT molecular complexity index is 446. The third-order valence-electron chi connectivity index (χ3n) is 5.88. The summed E-state index contributed by atoms with van der Waals surface area (Å²) in [5.74, 6) is 2.88. The number of nitrogens with zero attached hydrogens (tertiary/aromatic N) is 2. The summed E-state index contributed by atoms with van der Waals surface area (Å²) in [6.45, 7) is 8.69. The molecule has 1 saturated heterocycles. The minimum atomic E-state index is -0.324. The molecule has 0 spiro atoms. The molecule has 0 radical (unpaired) electrons. The maximum Gasteiger partial charge on any atom is 0.228 e. The highest BCUT2D eigenvalue weighted by atomic mass is 16.2. The van der Waals surface area contributed by atoms with Crippen molar-refractivity contribution in [3.05, 3.63) is 0 Å². The monoisotopic (exact) mass is 306 g/mol. The lowest BCUT2D eigenvalue weighted by molar-refractivity contribution is -0.145. The van der Waals surface area contributed by atoms with Crippen LogP contribution in [-0.4, -0.2) is 47.8 Å². The van der Waals surface area contributed by atoms with Crippen LogP contribution >= 0.6 is 0 Å². The van der Waals surface area contributed by atoms with Crippen LogP contribution in [-0.2, 0) is 9.59 Å². The first kappa shape index (κ1) is 15.8. The number of carbonyl (C=O) groups excluding carboxylic acids is 2. The van der Waals surface area contributed by atoms with Gasteiger partial charge in [0.15, 0.2) is 0 Å². The summed E-state index contributed by atoms with van der Waals surface area (Å²) in [6, 6.07) is 0. The smallest absolute Gasteiger partial charge is 0.228 e. The third kappa shape index (κ3) is 3.16. The largest absolute Gasteiger partial charge is 0.339 e. The van der Waals surface area contributed by atoms with E-state index in [4.69, 9.17) is 0 Å². The molecule has 3 unspecified atom stereocenters. The lowest BCUT2D eigenvalue weighted by Gasteiger charge is -2.38. The molecule has 2 bridgehead atoms. The molecule has 0 aromatic rings. The molecule has 2 amide bonds. The molecule has 124 valence electrons. The van der Waals surface area contributed by atoms with Gasteiger partial charge in [-0.1, -0.05) is 27.2 Å². The maximum atomic E-state index is 12.5. The highest BCUT2D eigenvalue weighted by Gasteiger charge is 2.41. The van der Waals surface area contributed by atoms with E-state index >= 15 is 0 Å². The van der Waals surface area contributed by atoms with Crippen LogP contribution in [0.2, 0.25) is 0 Å². The van der Waals surface area contributed by atoms with E-state index in [0.717, 1.165) is 18.3 Å². The van der Waals surface area contributed by atoms with Crippen molar-refractivity contribution in [3.63, 3.8) is 0 Å². The molecule has 3 fully saturated rings. The second-order valence-corrected chi connectivity index (χ2v) is 8.56. The highest BCUT2D eigenvalue weighted by Crippen LogP contribution is 2.49. The van der Waals surface area contributed by atoms with Crippen LogP contribution in [0, 0.1) is 23.2 Å². The standard InChI is InChI=1S/C18H30N2O2/c1-18(2,3)17(22)20-8-6-19(7-9-20)16(21)12-15-11-13-4-5-14(15)10-13/h13-15H,4-12H2,1-3H3. The summed E-state index contributed by atoms with van der Waals surface area (Å²) in [4.78, 5) is 28.7. The summed E-state index contributed by atoms with van der Waals surface area (Å²) < 4.78 is 0. The summed E-state index contributed by atoms with van der Waals surface area (Å²) >= 11 is 0. The van der Waals surface area contributed by atoms with Crippen LogP contribution < -0.4 is 0 Å². The molecule has 22 heavy (non-hydrogen) atoms. The molecular formula is C18H30N2O2. The molecule has 4 nitrogen and oxygen atoms in total. The van der Waals surface area contributed by atoms with Crippen molar-refractivity contribution in [2.24, 2.45) is 23.2 Å². The Morgan fingerprint density at radius 3 is 2.09 bits per heavy atom. The maximum absolute atomic E-state index is 12.5. The number of piperazine rings is 1. The Morgan fingerprint density at radius 2 is 1.59 bits per heavy atom. The molecule has 3 aliphatic rings. The van der Waals surface area contributed by atoms with Gasteiger partial charge in [0.25, 0.3) is 0 Å². The van der Waals surface area contributed by atoms with Gasteiger partial charge in [0, 0.05) is 38.0 Å². The summed E-state index contributed by atoms with van der Waals surface area (Å²) in [5.41, 5.74) is -0.324. The number of amides is 2. The van der Waals surface area contributed by atoms with Gasteiger partial charge >= 0.3 is 0 Å². The fourth-order valence-corrected chi connectivity index (χ4v) is 4.61. The topological polar surface area (TPSA) is 40.6 Å². The van der Waals surface area contributed by atoms with Crippen LogP contribution in [0.4, 0.5) is 0 Å². The van der Waals surface area contributed by atoms with E-state index in [1.54, 1.807) is 0 Å². The zero-order valence-electron chi connectivity index (χ0n) is 14.3. The van der Waals surface area contributed by atoms with E-state index < -0.39 is 0 Å². The van der Waals surface area contributed by atoms with Gasteiger partial charge in [-0.2, -0.15) is 0 Å². The Labute approximate surface area is 134 Å². The number of carbonyl (C=O) groups is 2.